The molecule has 106 valence electrons. The second-order valence-corrected chi connectivity index (χ2v) is 5.18. The molecule has 2 aromatic rings. The molecule has 0 saturated carbocycles. The number of nitrogens with one attached hydrogen (secondary N) is 2. The van der Waals surface area contributed by atoms with Crippen molar-refractivity contribution in [1.82, 2.24) is 4.98 Å². The average Bonchev–Trinajstić information content (AvgIpc) is 2.46. The Morgan fingerprint density at radius 3 is 2.70 bits per heavy atom. The first-order valence-electron chi connectivity index (χ1n) is 6.90. The lowest BCUT2D eigenvalue weighted by Crippen LogP contribution is -2.08. The van der Waals surface area contributed by atoms with Crippen molar-refractivity contribution in [3.8, 4) is 0 Å². The Morgan fingerprint density at radius 1 is 1.20 bits per heavy atom. The number of rotatable bonds is 6. The van der Waals surface area contributed by atoms with E-state index in [2.05, 4.69) is 35.5 Å². The van der Waals surface area contributed by atoms with Crippen LogP contribution in [0.5, 0.6) is 0 Å². The highest BCUT2D eigenvalue weighted by molar-refractivity contribution is 6.31. The third kappa shape index (κ3) is 3.87. The van der Waals surface area contributed by atoms with Crippen LogP contribution >= 0.6 is 11.6 Å². The number of benzene rings is 1. The van der Waals surface area contributed by atoms with Gasteiger partial charge in [0.25, 0.3) is 0 Å². The fraction of sp³-hybridized carbons (Fsp3) is 0.312. The first-order chi connectivity index (χ1) is 9.70. The summed E-state index contributed by atoms with van der Waals surface area (Å²) in [5.74, 6) is 0. The number of nitrogens with zero attached hydrogens (tertiary/aromatic N) is 1. The molecule has 0 fully saturated rings. The van der Waals surface area contributed by atoms with Gasteiger partial charge < -0.3 is 10.6 Å². The Hall–Kier alpha value is -1.74. The van der Waals surface area contributed by atoms with E-state index in [4.69, 9.17) is 11.6 Å². The second kappa shape index (κ2) is 7.15. The smallest absolute Gasteiger partial charge is 0.0552 e. The van der Waals surface area contributed by atoms with Crippen LogP contribution < -0.4 is 10.6 Å². The van der Waals surface area contributed by atoms with Crippen molar-refractivity contribution in [2.24, 2.45) is 0 Å². The Labute approximate surface area is 125 Å². The van der Waals surface area contributed by atoms with Crippen molar-refractivity contribution in [3.05, 3.63) is 53.3 Å². The summed E-state index contributed by atoms with van der Waals surface area (Å²) in [6, 6.07) is 10.1. The van der Waals surface area contributed by atoms with Gasteiger partial charge in [0.2, 0.25) is 0 Å². The van der Waals surface area contributed by atoms with Gasteiger partial charge in [-0.15, -0.1) is 0 Å². The molecule has 0 spiro atoms. The van der Waals surface area contributed by atoms with Crippen LogP contribution in [0, 0.1) is 0 Å². The number of anilines is 2. The summed E-state index contributed by atoms with van der Waals surface area (Å²) in [5, 5.41) is 7.54. The minimum absolute atomic E-state index is 0.131. The van der Waals surface area contributed by atoms with Gasteiger partial charge >= 0.3 is 0 Å². The Kier molecular flexibility index (Phi) is 5.24. The molecule has 0 aliphatic heterocycles. The van der Waals surface area contributed by atoms with E-state index in [1.54, 1.807) is 0 Å². The minimum atomic E-state index is 0.131. The Morgan fingerprint density at radius 2 is 1.95 bits per heavy atom. The maximum atomic E-state index is 6.22. The third-order valence-corrected chi connectivity index (χ3v) is 3.42. The maximum Gasteiger partial charge on any atom is 0.0552 e. The van der Waals surface area contributed by atoms with E-state index in [0.29, 0.717) is 0 Å². The molecule has 1 aromatic heterocycles. The third-order valence-electron chi connectivity index (χ3n) is 3.07. The van der Waals surface area contributed by atoms with Gasteiger partial charge in [0, 0.05) is 11.6 Å². The van der Waals surface area contributed by atoms with Crippen molar-refractivity contribution in [2.45, 2.75) is 26.3 Å². The predicted octanol–water partition coefficient (Wildman–Crippen LogP) is 4.73. The van der Waals surface area contributed by atoms with Gasteiger partial charge in [0.05, 0.1) is 29.8 Å². The lowest BCUT2D eigenvalue weighted by molar-refractivity contribution is 0.883. The van der Waals surface area contributed by atoms with Gasteiger partial charge in [0.15, 0.2) is 0 Å². The zero-order valence-corrected chi connectivity index (χ0v) is 12.6. The van der Waals surface area contributed by atoms with Crippen molar-refractivity contribution in [2.75, 3.05) is 17.2 Å². The van der Waals surface area contributed by atoms with Crippen LogP contribution in [0.3, 0.4) is 0 Å². The summed E-state index contributed by atoms with van der Waals surface area (Å²) < 4.78 is 0. The quantitative estimate of drug-likeness (QED) is 0.807. The molecule has 0 aliphatic rings. The van der Waals surface area contributed by atoms with Gasteiger partial charge in [-0.2, -0.15) is 0 Å². The number of halogens is 1. The highest BCUT2D eigenvalue weighted by atomic mass is 35.5. The molecule has 20 heavy (non-hydrogen) atoms. The van der Waals surface area contributed by atoms with E-state index in [9.17, 15) is 0 Å². The van der Waals surface area contributed by atoms with Crippen LogP contribution in [0.25, 0.3) is 0 Å². The molecule has 2 N–H and O–H groups in total. The van der Waals surface area contributed by atoms with Crippen molar-refractivity contribution >= 4 is 23.0 Å². The first-order valence-corrected chi connectivity index (χ1v) is 7.28. The zero-order valence-electron chi connectivity index (χ0n) is 11.9. The molecule has 0 amide bonds. The number of hydrogen-bond donors (Lipinski definition) is 2. The van der Waals surface area contributed by atoms with Crippen LogP contribution in [0.4, 0.5) is 11.4 Å². The summed E-state index contributed by atoms with van der Waals surface area (Å²) in [4.78, 5) is 4.25. The van der Waals surface area contributed by atoms with Crippen LogP contribution in [0.2, 0.25) is 5.02 Å². The topological polar surface area (TPSA) is 37.0 Å². The summed E-state index contributed by atoms with van der Waals surface area (Å²) >= 11 is 6.22. The van der Waals surface area contributed by atoms with Gasteiger partial charge in [0.1, 0.15) is 0 Å². The lowest BCUT2D eigenvalue weighted by Gasteiger charge is -2.17. The number of pyridine rings is 1. The molecule has 4 heteroatoms. The Bertz CT molecular complexity index is 557. The van der Waals surface area contributed by atoms with Gasteiger partial charge in [-0.1, -0.05) is 36.7 Å². The van der Waals surface area contributed by atoms with Gasteiger partial charge in [-0.05, 0) is 31.0 Å². The second-order valence-electron chi connectivity index (χ2n) is 4.78. The summed E-state index contributed by atoms with van der Waals surface area (Å²) in [7, 11) is 0. The molecular formula is C16H20ClN3. The zero-order chi connectivity index (χ0) is 14.4. The SMILES string of the molecule is CCCNc1cncc(NC(C)c2ccccc2Cl)c1. The first kappa shape index (κ1) is 14.7. The molecule has 1 atom stereocenters. The maximum absolute atomic E-state index is 6.22. The molecule has 0 aliphatic carbocycles. The summed E-state index contributed by atoms with van der Waals surface area (Å²) in [6.07, 6.45) is 4.75. The largest absolute Gasteiger partial charge is 0.384 e. The number of aromatic nitrogens is 1. The van der Waals surface area contributed by atoms with Gasteiger partial charge in [-0.3, -0.25) is 4.98 Å². The number of hydrogen-bond acceptors (Lipinski definition) is 3. The van der Waals surface area contributed by atoms with Crippen LogP contribution in [0.15, 0.2) is 42.7 Å². The van der Waals surface area contributed by atoms with E-state index < -0.39 is 0 Å². The molecular weight excluding hydrogens is 270 g/mol. The fourth-order valence-electron chi connectivity index (χ4n) is 2.04. The van der Waals surface area contributed by atoms with Gasteiger partial charge in [-0.25, -0.2) is 0 Å². The molecule has 1 unspecified atom stereocenters. The fourth-order valence-corrected chi connectivity index (χ4v) is 2.34. The van der Waals surface area contributed by atoms with E-state index in [-0.39, 0.29) is 6.04 Å². The monoisotopic (exact) mass is 289 g/mol. The molecule has 0 saturated heterocycles. The van der Waals surface area contributed by atoms with Crippen molar-refractivity contribution in [3.63, 3.8) is 0 Å². The molecule has 0 radical (unpaired) electrons. The minimum Gasteiger partial charge on any atom is -0.384 e. The average molecular weight is 290 g/mol. The molecule has 1 heterocycles. The van der Waals surface area contributed by atoms with E-state index in [1.807, 2.05) is 36.7 Å². The van der Waals surface area contributed by atoms with Crippen molar-refractivity contribution < 1.29 is 0 Å². The summed E-state index contributed by atoms with van der Waals surface area (Å²) in [5.41, 5.74) is 3.10. The normalized spacial score (nSPS) is 11.9. The van der Waals surface area contributed by atoms with E-state index in [0.717, 1.165) is 34.9 Å². The van der Waals surface area contributed by atoms with Crippen LogP contribution in [-0.2, 0) is 0 Å². The Balaban J connectivity index is 2.08. The molecule has 3 nitrogen and oxygen atoms in total. The van der Waals surface area contributed by atoms with E-state index in [1.165, 1.54) is 0 Å². The van der Waals surface area contributed by atoms with E-state index >= 15 is 0 Å². The standard InChI is InChI=1S/C16H20ClN3/c1-3-8-19-13-9-14(11-18-10-13)20-12(2)15-6-4-5-7-16(15)17/h4-7,9-12,19-20H,3,8H2,1-2H3. The highest BCUT2D eigenvalue weighted by Crippen LogP contribution is 2.26. The van der Waals surface area contributed by atoms with Crippen LogP contribution in [0.1, 0.15) is 31.9 Å². The molecule has 2 rings (SSSR count). The highest BCUT2D eigenvalue weighted by Gasteiger charge is 2.09. The van der Waals surface area contributed by atoms with Crippen LogP contribution in [-0.4, -0.2) is 11.5 Å². The van der Waals surface area contributed by atoms with Crippen molar-refractivity contribution in [1.29, 1.82) is 0 Å². The molecule has 1 aromatic carbocycles. The molecule has 0 bridgehead atoms. The lowest BCUT2D eigenvalue weighted by atomic mass is 10.1. The summed E-state index contributed by atoms with van der Waals surface area (Å²) in [6.45, 7) is 5.18. The predicted molar refractivity (Wildman–Crippen MR) is 86.5 cm³/mol.